The van der Waals surface area contributed by atoms with Gasteiger partial charge in [-0.1, -0.05) is 36.4 Å². The molecule has 1 aliphatic heterocycles. The minimum absolute atomic E-state index is 0.156. The summed E-state index contributed by atoms with van der Waals surface area (Å²) < 4.78 is 5.56. The summed E-state index contributed by atoms with van der Waals surface area (Å²) >= 11 is 5.46. The van der Waals surface area contributed by atoms with Gasteiger partial charge in [0, 0.05) is 6.42 Å². The largest absolute Gasteiger partial charge is 0.493 e. The van der Waals surface area contributed by atoms with Crippen LogP contribution in [0.3, 0.4) is 0 Å². The standard InChI is InChI=1S/C19H22N2OS/c1-13(15-6-4-3-5-7-15)20-19(23)21-14(2)16-8-9-18-17(12-16)10-11-22-18/h3-9,12-14H,10-11H2,1-2H3,(H2,20,21,23). The maximum Gasteiger partial charge on any atom is 0.167 e. The number of hydrogen-bond acceptors (Lipinski definition) is 2. The van der Waals surface area contributed by atoms with E-state index in [1.54, 1.807) is 0 Å². The summed E-state index contributed by atoms with van der Waals surface area (Å²) in [5, 5.41) is 7.38. The van der Waals surface area contributed by atoms with Crippen LogP contribution in [0.2, 0.25) is 0 Å². The van der Waals surface area contributed by atoms with Crippen LogP contribution in [0.15, 0.2) is 48.5 Å². The van der Waals surface area contributed by atoms with Crippen molar-refractivity contribution in [2.24, 2.45) is 0 Å². The third-order valence-corrected chi connectivity index (χ3v) is 4.44. The Labute approximate surface area is 143 Å². The third kappa shape index (κ3) is 3.82. The van der Waals surface area contributed by atoms with E-state index in [0.29, 0.717) is 5.11 Å². The molecule has 1 aliphatic rings. The van der Waals surface area contributed by atoms with Gasteiger partial charge in [-0.05, 0) is 54.9 Å². The molecule has 2 unspecified atom stereocenters. The van der Waals surface area contributed by atoms with E-state index < -0.39 is 0 Å². The van der Waals surface area contributed by atoms with Crippen molar-refractivity contribution in [3.05, 3.63) is 65.2 Å². The number of fused-ring (bicyclic) bond motifs is 1. The molecule has 3 nitrogen and oxygen atoms in total. The fourth-order valence-electron chi connectivity index (χ4n) is 2.82. The van der Waals surface area contributed by atoms with E-state index in [9.17, 15) is 0 Å². The first-order valence-corrected chi connectivity index (χ1v) is 8.42. The van der Waals surface area contributed by atoms with Crippen LogP contribution >= 0.6 is 12.2 Å². The topological polar surface area (TPSA) is 33.3 Å². The van der Waals surface area contributed by atoms with E-state index in [2.05, 4.69) is 54.8 Å². The van der Waals surface area contributed by atoms with E-state index >= 15 is 0 Å². The zero-order chi connectivity index (χ0) is 16.2. The minimum Gasteiger partial charge on any atom is -0.493 e. The van der Waals surface area contributed by atoms with Gasteiger partial charge in [0.25, 0.3) is 0 Å². The molecule has 1 heterocycles. The lowest BCUT2D eigenvalue weighted by Crippen LogP contribution is -2.38. The van der Waals surface area contributed by atoms with Crippen molar-refractivity contribution in [1.82, 2.24) is 10.6 Å². The van der Waals surface area contributed by atoms with E-state index in [1.807, 2.05) is 18.2 Å². The Kier molecular flexibility index (Phi) is 4.82. The monoisotopic (exact) mass is 326 g/mol. The molecule has 0 aliphatic carbocycles. The Morgan fingerprint density at radius 1 is 1.00 bits per heavy atom. The summed E-state index contributed by atoms with van der Waals surface area (Å²) in [7, 11) is 0. The lowest BCUT2D eigenvalue weighted by molar-refractivity contribution is 0.357. The first-order valence-electron chi connectivity index (χ1n) is 8.01. The van der Waals surface area contributed by atoms with Gasteiger partial charge in [0.05, 0.1) is 18.7 Å². The molecule has 0 fully saturated rings. The van der Waals surface area contributed by atoms with Crippen LogP contribution in [0.4, 0.5) is 0 Å². The summed E-state index contributed by atoms with van der Waals surface area (Å²) in [4.78, 5) is 0. The van der Waals surface area contributed by atoms with Crippen LogP contribution in [0, 0.1) is 0 Å². The van der Waals surface area contributed by atoms with Crippen molar-refractivity contribution >= 4 is 17.3 Å². The zero-order valence-electron chi connectivity index (χ0n) is 13.5. The number of thiocarbonyl (C=S) groups is 1. The van der Waals surface area contributed by atoms with Gasteiger partial charge in [-0.3, -0.25) is 0 Å². The lowest BCUT2D eigenvalue weighted by Gasteiger charge is -2.21. The van der Waals surface area contributed by atoms with Gasteiger partial charge < -0.3 is 15.4 Å². The molecule has 0 bridgehead atoms. The summed E-state index contributed by atoms with van der Waals surface area (Å²) in [6.07, 6.45) is 0.990. The average Bonchev–Trinajstić information content (AvgIpc) is 3.03. The molecule has 3 rings (SSSR count). The molecular weight excluding hydrogens is 304 g/mol. The second-order valence-electron chi connectivity index (χ2n) is 5.94. The fourth-order valence-corrected chi connectivity index (χ4v) is 3.17. The van der Waals surface area contributed by atoms with Crippen LogP contribution < -0.4 is 15.4 Å². The number of rotatable bonds is 4. The van der Waals surface area contributed by atoms with Gasteiger partial charge in [-0.2, -0.15) is 0 Å². The molecule has 4 heteroatoms. The van der Waals surface area contributed by atoms with Gasteiger partial charge in [-0.25, -0.2) is 0 Å². The molecule has 0 spiro atoms. The normalized spacial score (nSPS) is 15.2. The SMILES string of the molecule is CC(NC(=S)NC(C)c1ccc2c(c1)CCO2)c1ccccc1. The van der Waals surface area contributed by atoms with Crippen LogP contribution in [0.25, 0.3) is 0 Å². The summed E-state index contributed by atoms with van der Waals surface area (Å²) in [5.41, 5.74) is 3.73. The number of nitrogens with one attached hydrogen (secondary N) is 2. The van der Waals surface area contributed by atoms with Crippen molar-refractivity contribution in [3.8, 4) is 5.75 Å². The van der Waals surface area contributed by atoms with Crippen LogP contribution in [0.5, 0.6) is 5.75 Å². The molecule has 0 amide bonds. The maximum atomic E-state index is 5.56. The Hall–Kier alpha value is -2.07. The van der Waals surface area contributed by atoms with Crippen molar-refractivity contribution < 1.29 is 4.74 Å². The van der Waals surface area contributed by atoms with Crippen molar-refractivity contribution in [1.29, 1.82) is 0 Å². The quantitative estimate of drug-likeness (QED) is 0.835. The van der Waals surface area contributed by atoms with E-state index in [0.717, 1.165) is 18.8 Å². The van der Waals surface area contributed by atoms with Crippen LogP contribution in [0.1, 0.15) is 42.6 Å². The highest BCUT2D eigenvalue weighted by Gasteiger charge is 2.15. The predicted molar refractivity (Wildman–Crippen MR) is 97.8 cm³/mol. The van der Waals surface area contributed by atoms with Crippen molar-refractivity contribution in [2.45, 2.75) is 32.4 Å². The number of hydrogen-bond donors (Lipinski definition) is 2. The second-order valence-corrected chi connectivity index (χ2v) is 6.35. The summed E-state index contributed by atoms with van der Waals surface area (Å²) in [6.45, 7) is 5.02. The van der Waals surface area contributed by atoms with Crippen LogP contribution in [-0.4, -0.2) is 11.7 Å². The highest BCUT2D eigenvalue weighted by atomic mass is 32.1. The van der Waals surface area contributed by atoms with E-state index in [-0.39, 0.29) is 12.1 Å². The fraction of sp³-hybridized carbons (Fsp3) is 0.316. The molecule has 0 saturated heterocycles. The summed E-state index contributed by atoms with van der Waals surface area (Å²) in [6, 6.07) is 17.0. The Morgan fingerprint density at radius 2 is 1.70 bits per heavy atom. The lowest BCUT2D eigenvalue weighted by atomic mass is 10.0. The smallest absolute Gasteiger partial charge is 0.167 e. The molecule has 2 N–H and O–H groups in total. The van der Waals surface area contributed by atoms with Gasteiger partial charge >= 0.3 is 0 Å². The molecule has 2 aromatic carbocycles. The maximum absolute atomic E-state index is 5.56. The molecule has 0 radical (unpaired) electrons. The van der Waals surface area contributed by atoms with Crippen molar-refractivity contribution in [3.63, 3.8) is 0 Å². The minimum atomic E-state index is 0.156. The first kappa shape index (κ1) is 15.8. The van der Waals surface area contributed by atoms with Crippen LogP contribution in [-0.2, 0) is 6.42 Å². The molecule has 23 heavy (non-hydrogen) atoms. The average molecular weight is 326 g/mol. The predicted octanol–water partition coefficient (Wildman–Crippen LogP) is 3.91. The summed E-state index contributed by atoms with van der Waals surface area (Å²) in [5.74, 6) is 1.01. The van der Waals surface area contributed by atoms with E-state index in [4.69, 9.17) is 17.0 Å². The molecule has 120 valence electrons. The van der Waals surface area contributed by atoms with E-state index in [1.165, 1.54) is 16.7 Å². The molecule has 0 aromatic heterocycles. The Balaban J connectivity index is 1.59. The second kappa shape index (κ2) is 7.01. The molecular formula is C19H22N2OS. The van der Waals surface area contributed by atoms with Crippen molar-refractivity contribution in [2.75, 3.05) is 6.61 Å². The number of ether oxygens (including phenoxy) is 1. The highest BCUT2D eigenvalue weighted by Crippen LogP contribution is 2.28. The number of benzene rings is 2. The highest BCUT2D eigenvalue weighted by molar-refractivity contribution is 7.80. The molecule has 2 atom stereocenters. The molecule has 0 saturated carbocycles. The van der Waals surface area contributed by atoms with Gasteiger partial charge in [-0.15, -0.1) is 0 Å². The van der Waals surface area contributed by atoms with Gasteiger partial charge in [0.15, 0.2) is 5.11 Å². The molecule has 2 aromatic rings. The Morgan fingerprint density at radius 3 is 2.43 bits per heavy atom. The zero-order valence-corrected chi connectivity index (χ0v) is 14.3. The third-order valence-electron chi connectivity index (χ3n) is 4.21. The Bertz CT molecular complexity index is 687. The first-order chi connectivity index (χ1) is 11.1. The van der Waals surface area contributed by atoms with Gasteiger partial charge in [0.1, 0.15) is 5.75 Å². The van der Waals surface area contributed by atoms with Gasteiger partial charge in [0.2, 0.25) is 0 Å².